The number of carbonyl (C=O) groups excluding carboxylic acids is 1. The van der Waals surface area contributed by atoms with E-state index in [1.54, 1.807) is 0 Å². The van der Waals surface area contributed by atoms with Gasteiger partial charge in [0, 0.05) is 19.0 Å². The zero-order valence-corrected chi connectivity index (χ0v) is 11.4. The topological polar surface area (TPSA) is 124 Å². The van der Waals surface area contributed by atoms with Crippen LogP contribution in [0.2, 0.25) is 0 Å². The van der Waals surface area contributed by atoms with E-state index in [1.165, 1.54) is 4.31 Å². The van der Waals surface area contributed by atoms with Gasteiger partial charge in [0.05, 0.1) is 12.9 Å². The van der Waals surface area contributed by atoms with Gasteiger partial charge in [0.2, 0.25) is 15.9 Å². The SMILES string of the molecule is CS(=O)(=O)N1CCC(C(=O)N[C@H](CO)C(=O)O)CC1. The fraction of sp³-hybridized carbons (Fsp3) is 0.800. The number of aliphatic hydroxyl groups is 1. The van der Waals surface area contributed by atoms with Crippen molar-refractivity contribution in [3.8, 4) is 0 Å². The Morgan fingerprint density at radius 3 is 2.26 bits per heavy atom. The summed E-state index contributed by atoms with van der Waals surface area (Å²) in [6.45, 7) is -0.190. The normalized spacial score (nSPS) is 19.9. The van der Waals surface area contributed by atoms with Gasteiger partial charge in [0.15, 0.2) is 0 Å². The lowest BCUT2D eigenvalue weighted by Gasteiger charge is -2.29. The highest BCUT2D eigenvalue weighted by Gasteiger charge is 2.30. The maximum atomic E-state index is 11.8. The summed E-state index contributed by atoms with van der Waals surface area (Å²) in [7, 11) is -3.25. The molecule has 1 fully saturated rings. The lowest BCUT2D eigenvalue weighted by Crippen LogP contribution is -2.48. The molecule has 0 saturated carbocycles. The van der Waals surface area contributed by atoms with Crippen LogP contribution in [0.5, 0.6) is 0 Å². The average Bonchev–Trinajstić information content (AvgIpc) is 2.34. The van der Waals surface area contributed by atoms with Crippen molar-refractivity contribution in [2.75, 3.05) is 26.0 Å². The summed E-state index contributed by atoms with van der Waals surface area (Å²) < 4.78 is 23.9. The number of rotatable bonds is 5. The number of carbonyl (C=O) groups is 2. The van der Waals surface area contributed by atoms with E-state index in [4.69, 9.17) is 10.2 Å². The summed E-state index contributed by atoms with van der Waals surface area (Å²) in [5.74, 6) is -2.19. The number of nitrogens with zero attached hydrogens (tertiary/aromatic N) is 1. The second-order valence-electron chi connectivity index (χ2n) is 4.52. The summed E-state index contributed by atoms with van der Waals surface area (Å²) in [4.78, 5) is 22.4. The van der Waals surface area contributed by atoms with Crippen molar-refractivity contribution in [1.82, 2.24) is 9.62 Å². The molecule has 0 radical (unpaired) electrons. The molecule has 0 aliphatic carbocycles. The highest BCUT2D eigenvalue weighted by molar-refractivity contribution is 7.88. The predicted octanol–water partition coefficient (Wildman–Crippen LogP) is -1.78. The third kappa shape index (κ3) is 4.44. The first kappa shape index (κ1) is 15.9. The Balaban J connectivity index is 2.51. The van der Waals surface area contributed by atoms with Crippen molar-refractivity contribution in [2.45, 2.75) is 18.9 Å². The van der Waals surface area contributed by atoms with Gasteiger partial charge in [-0.05, 0) is 12.8 Å². The lowest BCUT2D eigenvalue weighted by molar-refractivity contribution is -0.143. The highest BCUT2D eigenvalue weighted by Crippen LogP contribution is 2.19. The van der Waals surface area contributed by atoms with Gasteiger partial charge >= 0.3 is 5.97 Å². The number of hydrogen-bond acceptors (Lipinski definition) is 5. The molecule has 19 heavy (non-hydrogen) atoms. The second kappa shape index (κ2) is 6.31. The van der Waals surface area contributed by atoms with Crippen LogP contribution in [0.4, 0.5) is 0 Å². The van der Waals surface area contributed by atoms with E-state index in [1.807, 2.05) is 0 Å². The Hall–Kier alpha value is -1.19. The quantitative estimate of drug-likeness (QED) is 0.550. The fourth-order valence-electron chi connectivity index (χ4n) is 1.92. The number of carboxylic acid groups (broad SMARTS) is 1. The number of aliphatic carboxylic acids is 1. The molecular weight excluding hydrogens is 276 g/mol. The molecule has 0 aromatic carbocycles. The number of carboxylic acids is 1. The molecule has 1 atom stereocenters. The summed E-state index contributed by atoms with van der Waals surface area (Å²) in [6.07, 6.45) is 1.80. The standard InChI is InChI=1S/C10H18N2O6S/c1-19(17,18)12-4-2-7(3-5-12)9(14)11-8(6-13)10(15)16/h7-8,13H,2-6H2,1H3,(H,11,14)(H,15,16)/t8-/m1/s1. The molecule has 110 valence electrons. The predicted molar refractivity (Wildman–Crippen MR) is 65.8 cm³/mol. The van der Waals surface area contributed by atoms with Crippen molar-refractivity contribution in [3.05, 3.63) is 0 Å². The molecule has 0 unspecified atom stereocenters. The van der Waals surface area contributed by atoms with Crippen molar-refractivity contribution in [3.63, 3.8) is 0 Å². The molecule has 0 aromatic rings. The van der Waals surface area contributed by atoms with Gasteiger partial charge in [0.1, 0.15) is 6.04 Å². The molecule has 0 bridgehead atoms. The van der Waals surface area contributed by atoms with Crippen molar-refractivity contribution in [1.29, 1.82) is 0 Å². The third-order valence-corrected chi connectivity index (χ3v) is 4.39. The first-order valence-electron chi connectivity index (χ1n) is 5.85. The Morgan fingerprint density at radius 1 is 1.37 bits per heavy atom. The van der Waals surface area contributed by atoms with Crippen LogP contribution in [-0.2, 0) is 19.6 Å². The Bertz CT molecular complexity index is 441. The van der Waals surface area contributed by atoms with E-state index in [2.05, 4.69) is 5.32 Å². The van der Waals surface area contributed by atoms with E-state index in [0.717, 1.165) is 6.26 Å². The number of aliphatic hydroxyl groups excluding tert-OH is 1. The Kier molecular flexibility index (Phi) is 5.27. The molecule has 1 rings (SSSR count). The molecule has 0 aromatic heterocycles. The summed E-state index contributed by atoms with van der Waals surface area (Å²) in [5, 5.41) is 19.7. The molecule has 0 spiro atoms. The van der Waals surface area contributed by atoms with Gasteiger partial charge in [-0.25, -0.2) is 17.5 Å². The van der Waals surface area contributed by atoms with Crippen LogP contribution in [0.1, 0.15) is 12.8 Å². The van der Waals surface area contributed by atoms with Gasteiger partial charge in [-0.1, -0.05) is 0 Å². The highest BCUT2D eigenvalue weighted by atomic mass is 32.2. The number of nitrogens with one attached hydrogen (secondary N) is 1. The molecule has 8 nitrogen and oxygen atoms in total. The molecule has 3 N–H and O–H groups in total. The summed E-state index contributed by atoms with van der Waals surface area (Å²) in [6, 6.07) is -1.32. The largest absolute Gasteiger partial charge is 0.480 e. The monoisotopic (exact) mass is 294 g/mol. The van der Waals surface area contributed by atoms with E-state index in [0.29, 0.717) is 12.8 Å². The van der Waals surface area contributed by atoms with Crippen LogP contribution in [-0.4, -0.2) is 66.8 Å². The number of piperidine rings is 1. The minimum absolute atomic E-state index is 0.244. The smallest absolute Gasteiger partial charge is 0.328 e. The third-order valence-electron chi connectivity index (χ3n) is 3.09. The number of amides is 1. The first-order valence-corrected chi connectivity index (χ1v) is 7.69. The Labute approximate surface area is 111 Å². The maximum Gasteiger partial charge on any atom is 0.328 e. The van der Waals surface area contributed by atoms with E-state index in [9.17, 15) is 18.0 Å². The van der Waals surface area contributed by atoms with E-state index >= 15 is 0 Å². The van der Waals surface area contributed by atoms with Crippen LogP contribution in [0, 0.1) is 5.92 Å². The molecule has 1 amide bonds. The fourth-order valence-corrected chi connectivity index (χ4v) is 2.80. The van der Waals surface area contributed by atoms with Gasteiger partial charge < -0.3 is 15.5 Å². The summed E-state index contributed by atoms with van der Waals surface area (Å²) >= 11 is 0. The maximum absolute atomic E-state index is 11.8. The molecule has 1 saturated heterocycles. The van der Waals surface area contributed by atoms with Crippen molar-refractivity contribution < 1.29 is 28.2 Å². The van der Waals surface area contributed by atoms with Crippen molar-refractivity contribution >= 4 is 21.9 Å². The first-order chi connectivity index (χ1) is 8.75. The molecule has 9 heteroatoms. The molecule has 1 aliphatic rings. The zero-order valence-electron chi connectivity index (χ0n) is 10.6. The molecule has 1 heterocycles. The van der Waals surface area contributed by atoms with Gasteiger partial charge in [0.25, 0.3) is 0 Å². The van der Waals surface area contributed by atoms with E-state index in [-0.39, 0.29) is 13.1 Å². The molecule has 1 aliphatic heterocycles. The van der Waals surface area contributed by atoms with Crippen molar-refractivity contribution in [2.24, 2.45) is 5.92 Å². The molecular formula is C10H18N2O6S. The number of hydrogen-bond donors (Lipinski definition) is 3. The second-order valence-corrected chi connectivity index (χ2v) is 6.50. The van der Waals surface area contributed by atoms with E-state index < -0.39 is 40.5 Å². The average molecular weight is 294 g/mol. The van der Waals surface area contributed by atoms with Crippen LogP contribution in [0.25, 0.3) is 0 Å². The summed E-state index contributed by atoms with van der Waals surface area (Å²) in [5.41, 5.74) is 0. The minimum Gasteiger partial charge on any atom is -0.480 e. The minimum atomic E-state index is -3.25. The number of sulfonamides is 1. The Morgan fingerprint density at radius 2 is 1.89 bits per heavy atom. The van der Waals surface area contributed by atoms with Gasteiger partial charge in [-0.3, -0.25) is 4.79 Å². The zero-order chi connectivity index (χ0) is 14.6. The van der Waals surface area contributed by atoms with Crippen LogP contribution in [0.3, 0.4) is 0 Å². The van der Waals surface area contributed by atoms with Gasteiger partial charge in [-0.2, -0.15) is 0 Å². The van der Waals surface area contributed by atoms with Crippen LogP contribution in [0.15, 0.2) is 0 Å². The van der Waals surface area contributed by atoms with Crippen LogP contribution < -0.4 is 5.32 Å². The van der Waals surface area contributed by atoms with Gasteiger partial charge in [-0.15, -0.1) is 0 Å². The lowest BCUT2D eigenvalue weighted by atomic mass is 9.97. The van der Waals surface area contributed by atoms with Crippen LogP contribution >= 0.6 is 0 Å².